The zero-order valence-electron chi connectivity index (χ0n) is 18.1. The minimum absolute atomic E-state index is 0.0701. The van der Waals surface area contributed by atoms with E-state index < -0.39 is 12.0 Å². The first-order valence-corrected chi connectivity index (χ1v) is 11.0. The molecule has 1 saturated heterocycles. The molecule has 6 heteroatoms. The van der Waals surface area contributed by atoms with Gasteiger partial charge in [0.05, 0.1) is 5.92 Å². The highest BCUT2D eigenvalue weighted by molar-refractivity contribution is 5.79. The van der Waals surface area contributed by atoms with E-state index in [2.05, 4.69) is 19.2 Å². The van der Waals surface area contributed by atoms with Gasteiger partial charge in [0, 0.05) is 6.42 Å². The van der Waals surface area contributed by atoms with Crippen LogP contribution in [0.5, 0.6) is 0 Å². The number of hydrogen-bond acceptors (Lipinski definition) is 5. The number of amides is 1. The van der Waals surface area contributed by atoms with Crippen LogP contribution < -0.4 is 5.32 Å². The van der Waals surface area contributed by atoms with Crippen molar-refractivity contribution < 1.29 is 23.9 Å². The molecule has 0 radical (unpaired) electrons. The van der Waals surface area contributed by atoms with Crippen molar-refractivity contribution >= 4 is 18.3 Å². The van der Waals surface area contributed by atoms with Gasteiger partial charge in [-0.25, -0.2) is 4.79 Å². The predicted molar refractivity (Wildman–Crippen MR) is 109 cm³/mol. The number of carbonyl (C=O) groups is 3. The van der Waals surface area contributed by atoms with E-state index >= 15 is 0 Å². The van der Waals surface area contributed by atoms with Gasteiger partial charge in [0.1, 0.15) is 18.2 Å². The summed E-state index contributed by atoms with van der Waals surface area (Å²) < 4.78 is 11.1. The Bertz CT molecular complexity index is 480. The van der Waals surface area contributed by atoms with E-state index in [-0.39, 0.29) is 30.0 Å². The molecule has 1 aliphatic rings. The molecule has 6 nitrogen and oxygen atoms in total. The van der Waals surface area contributed by atoms with E-state index in [9.17, 15) is 14.4 Å². The van der Waals surface area contributed by atoms with Crippen LogP contribution in [0.15, 0.2) is 0 Å². The second-order valence-electron chi connectivity index (χ2n) is 8.33. The zero-order valence-corrected chi connectivity index (χ0v) is 18.1. The van der Waals surface area contributed by atoms with Crippen LogP contribution in [0.1, 0.15) is 91.9 Å². The van der Waals surface area contributed by atoms with E-state index in [1.54, 1.807) is 0 Å². The number of carbonyl (C=O) groups excluding carboxylic acids is 3. The third-order valence-electron chi connectivity index (χ3n) is 5.31. The van der Waals surface area contributed by atoms with Crippen LogP contribution in [0.25, 0.3) is 0 Å². The smallest absolute Gasteiger partial charge is 0.328 e. The maximum absolute atomic E-state index is 12.6. The van der Waals surface area contributed by atoms with Gasteiger partial charge in [0.15, 0.2) is 0 Å². The van der Waals surface area contributed by atoms with Gasteiger partial charge in [0.2, 0.25) is 6.41 Å². The average Bonchev–Trinajstić information content (AvgIpc) is 2.64. The number of ether oxygens (including phenoxy) is 2. The molecule has 0 spiro atoms. The van der Waals surface area contributed by atoms with Gasteiger partial charge in [0.25, 0.3) is 0 Å². The summed E-state index contributed by atoms with van der Waals surface area (Å²) >= 11 is 0. The Morgan fingerprint density at radius 2 is 1.89 bits per heavy atom. The summed E-state index contributed by atoms with van der Waals surface area (Å²) in [6.45, 7) is 8.25. The van der Waals surface area contributed by atoms with E-state index in [0.29, 0.717) is 19.3 Å². The van der Waals surface area contributed by atoms with Gasteiger partial charge in [-0.15, -0.1) is 0 Å². The highest BCUT2D eigenvalue weighted by Gasteiger charge is 2.43. The zero-order chi connectivity index (χ0) is 20.9. The van der Waals surface area contributed by atoms with Gasteiger partial charge < -0.3 is 14.8 Å². The second-order valence-corrected chi connectivity index (χ2v) is 8.33. The fraction of sp³-hybridized carbons (Fsp3) is 0.864. The molecule has 4 atom stereocenters. The monoisotopic (exact) mass is 397 g/mol. The largest absolute Gasteiger partial charge is 0.461 e. The van der Waals surface area contributed by atoms with Gasteiger partial charge in [-0.05, 0) is 25.2 Å². The van der Waals surface area contributed by atoms with Crippen molar-refractivity contribution in [3.05, 3.63) is 0 Å². The van der Waals surface area contributed by atoms with Crippen molar-refractivity contribution in [1.82, 2.24) is 5.32 Å². The van der Waals surface area contributed by atoms with Crippen molar-refractivity contribution in [2.45, 2.75) is 110 Å². The summed E-state index contributed by atoms with van der Waals surface area (Å²) in [6.07, 6.45) is 9.24. The first kappa shape index (κ1) is 24.4. The Hall–Kier alpha value is -1.59. The SMILES string of the molecule is CCCCCC[C@@H]1C(=O)O[C@H]1CC(CCCC)OC(=O)[C@H](CC(C)C)NC=O. The van der Waals surface area contributed by atoms with Crippen molar-refractivity contribution in [2.24, 2.45) is 11.8 Å². The quantitative estimate of drug-likeness (QED) is 0.240. The molecule has 1 amide bonds. The molecule has 0 aromatic carbocycles. The van der Waals surface area contributed by atoms with Crippen molar-refractivity contribution in [1.29, 1.82) is 0 Å². The fourth-order valence-electron chi connectivity index (χ4n) is 3.65. The summed E-state index contributed by atoms with van der Waals surface area (Å²) in [4.78, 5) is 35.3. The number of unbranched alkanes of at least 4 members (excludes halogenated alkanes) is 4. The Morgan fingerprint density at radius 3 is 2.46 bits per heavy atom. The maximum atomic E-state index is 12.6. The third-order valence-corrected chi connectivity index (χ3v) is 5.31. The van der Waals surface area contributed by atoms with Crippen LogP contribution in [-0.2, 0) is 23.9 Å². The van der Waals surface area contributed by atoms with E-state index in [0.717, 1.165) is 38.5 Å². The number of rotatable bonds is 16. The van der Waals surface area contributed by atoms with E-state index in [1.807, 2.05) is 13.8 Å². The average molecular weight is 398 g/mol. The summed E-state index contributed by atoms with van der Waals surface area (Å²) in [5.74, 6) is -0.326. The minimum Gasteiger partial charge on any atom is -0.461 e. The lowest BCUT2D eigenvalue weighted by molar-refractivity contribution is -0.190. The summed E-state index contributed by atoms with van der Waals surface area (Å²) in [5, 5.41) is 2.57. The molecule has 28 heavy (non-hydrogen) atoms. The molecule has 1 N–H and O–H groups in total. The Kier molecular flexibility index (Phi) is 11.8. The lowest BCUT2D eigenvalue weighted by Crippen LogP contribution is -2.48. The van der Waals surface area contributed by atoms with Crippen LogP contribution in [0.2, 0.25) is 0 Å². The van der Waals surface area contributed by atoms with Crippen LogP contribution in [0, 0.1) is 11.8 Å². The molecule has 1 heterocycles. The Balaban J connectivity index is 2.62. The molecular weight excluding hydrogens is 358 g/mol. The van der Waals surface area contributed by atoms with Gasteiger partial charge in [-0.2, -0.15) is 0 Å². The van der Waals surface area contributed by atoms with E-state index in [1.165, 1.54) is 12.8 Å². The van der Waals surface area contributed by atoms with Crippen molar-refractivity contribution in [2.75, 3.05) is 0 Å². The molecule has 1 unspecified atom stereocenters. The summed E-state index contributed by atoms with van der Waals surface area (Å²) in [6, 6.07) is -0.629. The lowest BCUT2D eigenvalue weighted by Gasteiger charge is -2.37. The van der Waals surface area contributed by atoms with Gasteiger partial charge >= 0.3 is 11.9 Å². The molecule has 0 saturated carbocycles. The lowest BCUT2D eigenvalue weighted by atomic mass is 9.86. The van der Waals surface area contributed by atoms with Crippen LogP contribution >= 0.6 is 0 Å². The molecule has 0 aromatic rings. The molecule has 1 aliphatic heterocycles. The first-order valence-electron chi connectivity index (χ1n) is 11.0. The molecule has 0 aromatic heterocycles. The number of hydrogen-bond donors (Lipinski definition) is 1. The Morgan fingerprint density at radius 1 is 1.18 bits per heavy atom. The van der Waals surface area contributed by atoms with Crippen LogP contribution in [0.4, 0.5) is 0 Å². The molecule has 1 fully saturated rings. The highest BCUT2D eigenvalue weighted by atomic mass is 16.6. The second kappa shape index (κ2) is 13.6. The van der Waals surface area contributed by atoms with Gasteiger partial charge in [-0.1, -0.05) is 66.2 Å². The number of esters is 2. The van der Waals surface area contributed by atoms with E-state index in [4.69, 9.17) is 9.47 Å². The summed E-state index contributed by atoms with van der Waals surface area (Å²) in [5.41, 5.74) is 0. The van der Waals surface area contributed by atoms with Gasteiger partial charge in [-0.3, -0.25) is 9.59 Å². The van der Waals surface area contributed by atoms with Crippen molar-refractivity contribution in [3.63, 3.8) is 0 Å². The van der Waals surface area contributed by atoms with Crippen LogP contribution in [0.3, 0.4) is 0 Å². The molecule has 162 valence electrons. The maximum Gasteiger partial charge on any atom is 0.328 e. The molecule has 1 rings (SSSR count). The predicted octanol–water partition coefficient (Wildman–Crippen LogP) is 4.15. The first-order chi connectivity index (χ1) is 13.4. The fourth-order valence-corrected chi connectivity index (χ4v) is 3.65. The molecular formula is C22H39NO5. The Labute approximate surface area is 170 Å². The summed E-state index contributed by atoms with van der Waals surface area (Å²) in [7, 11) is 0. The minimum atomic E-state index is -0.629. The standard InChI is InChI=1S/C22H39NO5/c1-5-7-9-10-12-18-20(28-21(18)25)14-17(11-8-6-2)27-22(26)19(23-15-24)13-16(3)4/h15-20H,5-14H2,1-4H3,(H,23,24)/t17?,18-,19-,20-/m0/s1. The molecule has 0 bridgehead atoms. The van der Waals surface area contributed by atoms with Crippen molar-refractivity contribution in [3.8, 4) is 0 Å². The molecule has 0 aliphatic carbocycles. The number of cyclic esters (lactones) is 1. The van der Waals surface area contributed by atoms with Crippen LogP contribution in [-0.4, -0.2) is 36.6 Å². The normalized spacial score (nSPS) is 20.8. The number of nitrogens with one attached hydrogen (secondary N) is 1. The highest BCUT2D eigenvalue weighted by Crippen LogP contribution is 2.32. The topological polar surface area (TPSA) is 81.7 Å². The third kappa shape index (κ3) is 8.61.